The Hall–Kier alpha value is -1.55. The van der Waals surface area contributed by atoms with Crippen LogP contribution in [0.4, 0.5) is 5.69 Å². The molecule has 2 fully saturated rings. The smallest absolute Gasteiger partial charge is 0.219 e. The molecule has 0 aromatic heterocycles. The third kappa shape index (κ3) is 3.56. The summed E-state index contributed by atoms with van der Waals surface area (Å²) >= 11 is 0. The molecule has 1 aliphatic carbocycles. The van der Waals surface area contributed by atoms with Crippen molar-refractivity contribution in [3.05, 3.63) is 29.3 Å². The van der Waals surface area contributed by atoms with Gasteiger partial charge in [0.1, 0.15) is 0 Å². The maximum atomic E-state index is 11.4. The molecule has 1 aromatic rings. The van der Waals surface area contributed by atoms with Crippen LogP contribution in [0.2, 0.25) is 0 Å². The predicted molar refractivity (Wildman–Crippen MR) is 85.5 cm³/mol. The van der Waals surface area contributed by atoms with E-state index in [0.717, 1.165) is 38.8 Å². The highest BCUT2D eigenvalue weighted by molar-refractivity contribution is 5.73. The van der Waals surface area contributed by atoms with Crippen molar-refractivity contribution in [2.24, 2.45) is 0 Å². The molecule has 0 atom stereocenters. The molecular weight excluding hydrogens is 262 g/mol. The maximum absolute atomic E-state index is 11.4. The van der Waals surface area contributed by atoms with Crippen molar-refractivity contribution in [3.63, 3.8) is 0 Å². The standard InChI is InChI=1S/C17H25N3O/c1-13-3-6-17(15(11-13)12-18-16-4-5-16)20-9-7-19(8-10-20)14(2)21/h3,6,11,16,18H,4-5,7-10,12H2,1-2H3. The average Bonchev–Trinajstić information content (AvgIpc) is 3.29. The highest BCUT2D eigenvalue weighted by atomic mass is 16.2. The summed E-state index contributed by atoms with van der Waals surface area (Å²) in [6.45, 7) is 8.29. The number of piperazine rings is 1. The van der Waals surface area contributed by atoms with E-state index in [0.29, 0.717) is 0 Å². The fraction of sp³-hybridized carbons (Fsp3) is 0.588. The molecular formula is C17H25N3O. The van der Waals surface area contributed by atoms with Crippen LogP contribution in [-0.2, 0) is 11.3 Å². The first-order valence-corrected chi connectivity index (χ1v) is 7.97. The minimum absolute atomic E-state index is 0.189. The van der Waals surface area contributed by atoms with Gasteiger partial charge in [-0.25, -0.2) is 0 Å². The second kappa shape index (κ2) is 6.06. The number of nitrogens with one attached hydrogen (secondary N) is 1. The third-order valence-electron chi connectivity index (χ3n) is 4.46. The lowest BCUT2D eigenvalue weighted by atomic mass is 10.1. The SMILES string of the molecule is CC(=O)N1CCN(c2ccc(C)cc2CNC2CC2)CC1. The fourth-order valence-electron chi connectivity index (χ4n) is 2.97. The largest absolute Gasteiger partial charge is 0.368 e. The molecule has 1 N–H and O–H groups in total. The lowest BCUT2D eigenvalue weighted by Gasteiger charge is -2.36. The van der Waals surface area contributed by atoms with E-state index in [2.05, 4.69) is 35.3 Å². The van der Waals surface area contributed by atoms with Gasteiger partial charge in [-0.2, -0.15) is 0 Å². The van der Waals surface area contributed by atoms with Gasteiger partial charge in [0.05, 0.1) is 0 Å². The van der Waals surface area contributed by atoms with Gasteiger partial charge in [0.15, 0.2) is 0 Å². The van der Waals surface area contributed by atoms with Crippen LogP contribution in [0.25, 0.3) is 0 Å². The summed E-state index contributed by atoms with van der Waals surface area (Å²) in [7, 11) is 0. The Morgan fingerprint density at radius 2 is 1.95 bits per heavy atom. The molecule has 0 spiro atoms. The Kier molecular flexibility index (Phi) is 4.15. The number of nitrogens with zero attached hydrogens (tertiary/aromatic N) is 2. The van der Waals surface area contributed by atoms with Gasteiger partial charge in [-0.05, 0) is 31.4 Å². The van der Waals surface area contributed by atoms with E-state index >= 15 is 0 Å². The number of aryl methyl sites for hydroxylation is 1. The molecule has 4 nitrogen and oxygen atoms in total. The van der Waals surface area contributed by atoms with Crippen molar-refractivity contribution in [3.8, 4) is 0 Å². The molecule has 1 saturated carbocycles. The van der Waals surface area contributed by atoms with Crippen LogP contribution in [-0.4, -0.2) is 43.0 Å². The number of carbonyl (C=O) groups excluding carboxylic acids is 1. The van der Waals surface area contributed by atoms with E-state index in [9.17, 15) is 4.79 Å². The zero-order valence-corrected chi connectivity index (χ0v) is 13.1. The van der Waals surface area contributed by atoms with Gasteiger partial charge in [0.25, 0.3) is 0 Å². The summed E-state index contributed by atoms with van der Waals surface area (Å²) in [5, 5.41) is 3.62. The minimum Gasteiger partial charge on any atom is -0.368 e. The van der Waals surface area contributed by atoms with Crippen LogP contribution in [0.5, 0.6) is 0 Å². The van der Waals surface area contributed by atoms with Crippen molar-refractivity contribution in [2.75, 3.05) is 31.1 Å². The maximum Gasteiger partial charge on any atom is 0.219 e. The minimum atomic E-state index is 0.189. The van der Waals surface area contributed by atoms with E-state index in [4.69, 9.17) is 0 Å². The molecule has 1 amide bonds. The second-order valence-electron chi connectivity index (χ2n) is 6.28. The summed E-state index contributed by atoms with van der Waals surface area (Å²) in [6, 6.07) is 7.45. The van der Waals surface area contributed by atoms with E-state index in [1.807, 2.05) is 4.90 Å². The van der Waals surface area contributed by atoms with Crippen LogP contribution < -0.4 is 10.2 Å². The molecule has 0 unspecified atom stereocenters. The fourth-order valence-corrected chi connectivity index (χ4v) is 2.97. The van der Waals surface area contributed by atoms with Gasteiger partial charge in [-0.1, -0.05) is 17.7 Å². The summed E-state index contributed by atoms with van der Waals surface area (Å²) in [4.78, 5) is 15.8. The van der Waals surface area contributed by atoms with E-state index in [1.165, 1.54) is 29.7 Å². The van der Waals surface area contributed by atoms with E-state index in [1.54, 1.807) is 6.92 Å². The summed E-state index contributed by atoms with van der Waals surface area (Å²) in [5.41, 5.74) is 4.03. The van der Waals surface area contributed by atoms with Gasteiger partial charge in [0, 0.05) is 51.4 Å². The lowest BCUT2D eigenvalue weighted by molar-refractivity contribution is -0.129. The first-order chi connectivity index (χ1) is 10.1. The third-order valence-corrected chi connectivity index (χ3v) is 4.46. The van der Waals surface area contributed by atoms with Crippen molar-refractivity contribution in [1.82, 2.24) is 10.2 Å². The monoisotopic (exact) mass is 287 g/mol. The zero-order chi connectivity index (χ0) is 14.8. The molecule has 2 aliphatic rings. The number of hydrogen-bond acceptors (Lipinski definition) is 3. The number of benzene rings is 1. The van der Waals surface area contributed by atoms with Crippen LogP contribution in [0.15, 0.2) is 18.2 Å². The Labute approximate surface area is 127 Å². The van der Waals surface area contributed by atoms with E-state index in [-0.39, 0.29) is 5.91 Å². The molecule has 1 saturated heterocycles. The predicted octanol–water partition coefficient (Wildman–Crippen LogP) is 1.92. The van der Waals surface area contributed by atoms with Gasteiger partial charge in [0.2, 0.25) is 5.91 Å². The summed E-state index contributed by atoms with van der Waals surface area (Å²) in [6.07, 6.45) is 2.64. The van der Waals surface area contributed by atoms with Gasteiger partial charge in [-0.3, -0.25) is 4.79 Å². The van der Waals surface area contributed by atoms with Gasteiger partial charge in [-0.15, -0.1) is 0 Å². The molecule has 1 heterocycles. The number of hydrogen-bond donors (Lipinski definition) is 1. The second-order valence-corrected chi connectivity index (χ2v) is 6.28. The Bertz CT molecular complexity index is 517. The average molecular weight is 287 g/mol. The molecule has 0 bridgehead atoms. The van der Waals surface area contributed by atoms with Crippen LogP contribution in [0.3, 0.4) is 0 Å². The molecule has 114 valence electrons. The first kappa shape index (κ1) is 14.4. The van der Waals surface area contributed by atoms with Gasteiger partial charge < -0.3 is 15.1 Å². The Balaban J connectivity index is 1.70. The Morgan fingerprint density at radius 3 is 2.57 bits per heavy atom. The molecule has 21 heavy (non-hydrogen) atoms. The highest BCUT2D eigenvalue weighted by Crippen LogP contribution is 2.25. The van der Waals surface area contributed by atoms with Crippen molar-refractivity contribution >= 4 is 11.6 Å². The summed E-state index contributed by atoms with van der Waals surface area (Å²) < 4.78 is 0. The zero-order valence-electron chi connectivity index (χ0n) is 13.1. The topological polar surface area (TPSA) is 35.6 Å². The molecule has 4 heteroatoms. The van der Waals surface area contributed by atoms with E-state index < -0.39 is 0 Å². The van der Waals surface area contributed by atoms with Crippen LogP contribution in [0.1, 0.15) is 30.9 Å². The van der Waals surface area contributed by atoms with Crippen LogP contribution in [0, 0.1) is 6.92 Å². The molecule has 1 aliphatic heterocycles. The Morgan fingerprint density at radius 1 is 1.24 bits per heavy atom. The lowest BCUT2D eigenvalue weighted by Crippen LogP contribution is -2.48. The summed E-state index contributed by atoms with van der Waals surface area (Å²) in [5.74, 6) is 0.189. The quantitative estimate of drug-likeness (QED) is 0.919. The van der Waals surface area contributed by atoms with Crippen molar-refractivity contribution < 1.29 is 4.79 Å². The number of anilines is 1. The van der Waals surface area contributed by atoms with Gasteiger partial charge >= 0.3 is 0 Å². The molecule has 3 rings (SSSR count). The molecule has 1 aromatic carbocycles. The van der Waals surface area contributed by atoms with Crippen molar-refractivity contribution in [1.29, 1.82) is 0 Å². The number of carbonyl (C=O) groups is 1. The normalized spacial score (nSPS) is 19.0. The molecule has 0 radical (unpaired) electrons. The highest BCUT2D eigenvalue weighted by Gasteiger charge is 2.23. The van der Waals surface area contributed by atoms with Crippen molar-refractivity contribution in [2.45, 2.75) is 39.3 Å². The number of rotatable bonds is 4. The van der Waals surface area contributed by atoms with Crippen LogP contribution >= 0.6 is 0 Å². The number of amides is 1. The first-order valence-electron chi connectivity index (χ1n) is 7.97.